The van der Waals surface area contributed by atoms with E-state index in [1.807, 2.05) is 65.4 Å². The topological polar surface area (TPSA) is 60.0 Å². The summed E-state index contributed by atoms with van der Waals surface area (Å²) in [7, 11) is 0. The maximum atomic E-state index is 11.8. The number of nitrogens with one attached hydrogen (secondary N) is 1. The van der Waals surface area contributed by atoms with Gasteiger partial charge < -0.3 is 4.57 Å². The summed E-state index contributed by atoms with van der Waals surface area (Å²) in [6.07, 6.45) is 1.81. The Bertz CT molecular complexity index is 731. The van der Waals surface area contributed by atoms with E-state index in [-0.39, 0.29) is 5.91 Å². The van der Waals surface area contributed by atoms with Gasteiger partial charge in [-0.2, -0.15) is 0 Å². The van der Waals surface area contributed by atoms with E-state index in [0.29, 0.717) is 5.56 Å². The Labute approximate surface area is 110 Å². The molecule has 2 aromatic carbocycles. The normalized spacial score (nSPS) is 10.6. The number of nitrogens with zero attached hydrogens (tertiary/aromatic N) is 1. The van der Waals surface area contributed by atoms with Crippen LogP contribution in [0.2, 0.25) is 0 Å². The Morgan fingerprint density at radius 1 is 1.00 bits per heavy atom. The lowest BCUT2D eigenvalue weighted by atomic mass is 10.2. The van der Waals surface area contributed by atoms with Crippen molar-refractivity contribution in [2.24, 2.45) is 5.84 Å². The van der Waals surface area contributed by atoms with Crippen molar-refractivity contribution in [1.82, 2.24) is 9.99 Å². The molecule has 3 aromatic rings. The van der Waals surface area contributed by atoms with Gasteiger partial charge in [0.05, 0.1) is 11.1 Å². The standard InChI is InChI=1S/C15H13N3O/c16-17-15(19)13-10-18(11-6-2-1-3-7-11)14-9-5-4-8-12(13)14/h1-10H,16H2,(H,17,19). The number of aromatic nitrogens is 1. The van der Waals surface area contributed by atoms with E-state index >= 15 is 0 Å². The number of para-hydroxylation sites is 2. The lowest BCUT2D eigenvalue weighted by Gasteiger charge is -2.04. The summed E-state index contributed by atoms with van der Waals surface area (Å²) >= 11 is 0. The van der Waals surface area contributed by atoms with Gasteiger partial charge in [0.1, 0.15) is 0 Å². The predicted molar refractivity (Wildman–Crippen MR) is 74.9 cm³/mol. The summed E-state index contributed by atoms with van der Waals surface area (Å²) in [4.78, 5) is 11.8. The molecule has 1 amide bonds. The fraction of sp³-hybridized carbons (Fsp3) is 0. The largest absolute Gasteiger partial charge is 0.316 e. The third-order valence-electron chi connectivity index (χ3n) is 3.12. The molecule has 0 aliphatic heterocycles. The molecule has 94 valence electrons. The monoisotopic (exact) mass is 251 g/mol. The quantitative estimate of drug-likeness (QED) is 0.417. The molecule has 4 heteroatoms. The number of nitrogen functional groups attached to an aromatic ring is 1. The highest BCUT2D eigenvalue weighted by atomic mass is 16.2. The maximum absolute atomic E-state index is 11.8. The third kappa shape index (κ3) is 1.88. The molecule has 0 bridgehead atoms. The van der Waals surface area contributed by atoms with Gasteiger partial charge in [-0.1, -0.05) is 36.4 Å². The molecular formula is C15H13N3O. The van der Waals surface area contributed by atoms with E-state index in [2.05, 4.69) is 5.43 Å². The van der Waals surface area contributed by atoms with Gasteiger partial charge in [-0.15, -0.1) is 0 Å². The fourth-order valence-electron chi connectivity index (χ4n) is 2.24. The molecule has 4 nitrogen and oxygen atoms in total. The number of nitrogens with two attached hydrogens (primary N) is 1. The van der Waals surface area contributed by atoms with E-state index in [0.717, 1.165) is 16.6 Å². The van der Waals surface area contributed by atoms with Gasteiger partial charge in [-0.3, -0.25) is 10.2 Å². The number of hydrogen-bond donors (Lipinski definition) is 2. The van der Waals surface area contributed by atoms with E-state index in [9.17, 15) is 4.79 Å². The third-order valence-corrected chi connectivity index (χ3v) is 3.12. The Hall–Kier alpha value is -2.59. The van der Waals surface area contributed by atoms with Gasteiger partial charge in [-0.25, -0.2) is 5.84 Å². The molecule has 0 unspecified atom stereocenters. The van der Waals surface area contributed by atoms with Crippen LogP contribution in [-0.4, -0.2) is 10.5 Å². The number of carbonyl (C=O) groups excluding carboxylic acids is 1. The zero-order valence-electron chi connectivity index (χ0n) is 10.2. The van der Waals surface area contributed by atoms with Crippen LogP contribution in [0.5, 0.6) is 0 Å². The molecule has 3 rings (SSSR count). The molecule has 0 saturated carbocycles. The number of benzene rings is 2. The van der Waals surface area contributed by atoms with Gasteiger partial charge in [0.2, 0.25) is 0 Å². The van der Waals surface area contributed by atoms with Crippen molar-refractivity contribution in [3.63, 3.8) is 0 Å². The summed E-state index contributed by atoms with van der Waals surface area (Å²) < 4.78 is 1.99. The van der Waals surface area contributed by atoms with Crippen molar-refractivity contribution in [2.75, 3.05) is 0 Å². The Morgan fingerprint density at radius 2 is 1.68 bits per heavy atom. The van der Waals surface area contributed by atoms with Crippen molar-refractivity contribution >= 4 is 16.8 Å². The van der Waals surface area contributed by atoms with E-state index in [1.54, 1.807) is 0 Å². The average molecular weight is 251 g/mol. The predicted octanol–water partition coefficient (Wildman–Crippen LogP) is 2.23. The zero-order chi connectivity index (χ0) is 13.2. The second kappa shape index (κ2) is 4.59. The van der Waals surface area contributed by atoms with Crippen LogP contribution in [-0.2, 0) is 0 Å². The van der Waals surface area contributed by atoms with Crippen LogP contribution in [0, 0.1) is 0 Å². The van der Waals surface area contributed by atoms with Crippen LogP contribution in [0.3, 0.4) is 0 Å². The van der Waals surface area contributed by atoms with Crippen LogP contribution in [0.25, 0.3) is 16.6 Å². The van der Waals surface area contributed by atoms with E-state index in [4.69, 9.17) is 5.84 Å². The fourth-order valence-corrected chi connectivity index (χ4v) is 2.24. The van der Waals surface area contributed by atoms with E-state index < -0.39 is 0 Å². The first-order valence-corrected chi connectivity index (χ1v) is 5.97. The molecule has 0 spiro atoms. The molecule has 1 heterocycles. The molecule has 19 heavy (non-hydrogen) atoms. The highest BCUT2D eigenvalue weighted by Gasteiger charge is 2.14. The Kier molecular flexibility index (Phi) is 2.78. The van der Waals surface area contributed by atoms with Crippen LogP contribution in [0.4, 0.5) is 0 Å². The first-order valence-electron chi connectivity index (χ1n) is 5.97. The molecule has 3 N–H and O–H groups in total. The molecular weight excluding hydrogens is 238 g/mol. The van der Waals surface area contributed by atoms with Crippen molar-refractivity contribution in [3.8, 4) is 5.69 Å². The summed E-state index contributed by atoms with van der Waals surface area (Å²) in [6, 6.07) is 17.6. The number of rotatable bonds is 2. The summed E-state index contributed by atoms with van der Waals surface area (Å²) in [5, 5.41) is 0.884. The highest BCUT2D eigenvalue weighted by Crippen LogP contribution is 2.24. The second-order valence-corrected chi connectivity index (χ2v) is 4.24. The van der Waals surface area contributed by atoms with Gasteiger partial charge in [-0.05, 0) is 18.2 Å². The average Bonchev–Trinajstić information content (AvgIpc) is 2.87. The summed E-state index contributed by atoms with van der Waals surface area (Å²) in [5.74, 6) is 4.95. The number of carbonyl (C=O) groups is 1. The summed E-state index contributed by atoms with van der Waals surface area (Å²) in [5.41, 5.74) is 4.75. The maximum Gasteiger partial charge on any atom is 0.267 e. The number of amides is 1. The van der Waals surface area contributed by atoms with Crippen molar-refractivity contribution < 1.29 is 4.79 Å². The number of hydrazine groups is 1. The zero-order valence-corrected chi connectivity index (χ0v) is 10.2. The minimum absolute atomic E-state index is 0.286. The van der Waals surface area contributed by atoms with Crippen LogP contribution in [0.15, 0.2) is 60.8 Å². The molecule has 0 aliphatic rings. The first-order chi connectivity index (χ1) is 9.31. The minimum Gasteiger partial charge on any atom is -0.316 e. The van der Waals surface area contributed by atoms with Crippen LogP contribution in [0.1, 0.15) is 10.4 Å². The van der Waals surface area contributed by atoms with Gasteiger partial charge in [0, 0.05) is 17.3 Å². The van der Waals surface area contributed by atoms with Gasteiger partial charge in [0.15, 0.2) is 0 Å². The smallest absolute Gasteiger partial charge is 0.267 e. The SMILES string of the molecule is NNC(=O)c1cn(-c2ccccc2)c2ccccc12. The molecule has 1 aromatic heterocycles. The van der Waals surface area contributed by atoms with Gasteiger partial charge >= 0.3 is 0 Å². The van der Waals surface area contributed by atoms with E-state index in [1.165, 1.54) is 0 Å². The Morgan fingerprint density at radius 3 is 2.42 bits per heavy atom. The molecule has 0 aliphatic carbocycles. The second-order valence-electron chi connectivity index (χ2n) is 4.24. The highest BCUT2D eigenvalue weighted by molar-refractivity contribution is 6.07. The van der Waals surface area contributed by atoms with Crippen LogP contribution < -0.4 is 11.3 Å². The van der Waals surface area contributed by atoms with Gasteiger partial charge in [0.25, 0.3) is 5.91 Å². The molecule has 0 saturated heterocycles. The summed E-state index contributed by atoms with van der Waals surface area (Å²) in [6.45, 7) is 0. The van der Waals surface area contributed by atoms with Crippen LogP contribution >= 0.6 is 0 Å². The molecule has 0 atom stereocenters. The molecule has 0 fully saturated rings. The lowest BCUT2D eigenvalue weighted by Crippen LogP contribution is -2.29. The van der Waals surface area contributed by atoms with Crippen molar-refractivity contribution in [2.45, 2.75) is 0 Å². The van der Waals surface area contributed by atoms with Crippen molar-refractivity contribution in [1.29, 1.82) is 0 Å². The van der Waals surface area contributed by atoms with Crippen molar-refractivity contribution in [3.05, 3.63) is 66.4 Å². The lowest BCUT2D eigenvalue weighted by molar-refractivity contribution is 0.0955. The number of fused-ring (bicyclic) bond motifs is 1. The minimum atomic E-state index is -0.286. The number of hydrogen-bond acceptors (Lipinski definition) is 2. The Balaban J connectivity index is 2.29. The first kappa shape index (κ1) is 11.5. The molecule has 0 radical (unpaired) electrons.